The highest BCUT2D eigenvalue weighted by molar-refractivity contribution is 7.89. The maximum Gasteiger partial charge on any atom is 0.242 e. The fourth-order valence-corrected chi connectivity index (χ4v) is 5.37. The first-order valence-electron chi connectivity index (χ1n) is 7.76. The average molecular weight is 344 g/mol. The van der Waals surface area contributed by atoms with Gasteiger partial charge in [0.05, 0.1) is 4.90 Å². The molecule has 0 heterocycles. The van der Waals surface area contributed by atoms with Crippen LogP contribution in [0.2, 0.25) is 0 Å². The van der Waals surface area contributed by atoms with E-state index in [1.165, 1.54) is 50.5 Å². The van der Waals surface area contributed by atoms with Crippen LogP contribution >= 0.6 is 0 Å². The molecule has 0 spiro atoms. The number of sulfonamides is 1. The van der Waals surface area contributed by atoms with Crippen LogP contribution in [-0.4, -0.2) is 36.8 Å². The van der Waals surface area contributed by atoms with E-state index < -0.39 is 20.8 Å². The second-order valence-corrected chi connectivity index (χ2v) is 9.84. The summed E-state index contributed by atoms with van der Waals surface area (Å²) in [5, 5.41) is 0. The van der Waals surface area contributed by atoms with Crippen LogP contribution in [0.15, 0.2) is 29.2 Å². The van der Waals surface area contributed by atoms with E-state index in [0.717, 1.165) is 11.3 Å². The molecule has 0 radical (unpaired) electrons. The van der Waals surface area contributed by atoms with Crippen molar-refractivity contribution in [2.45, 2.75) is 42.8 Å². The van der Waals surface area contributed by atoms with E-state index in [0.29, 0.717) is 11.7 Å². The third-order valence-corrected chi connectivity index (χ3v) is 7.46. The van der Waals surface area contributed by atoms with E-state index in [4.69, 9.17) is 0 Å². The molecular weight excluding hydrogens is 318 g/mol. The van der Waals surface area contributed by atoms with E-state index in [1.54, 1.807) is 18.2 Å². The molecule has 1 saturated carbocycles. The summed E-state index contributed by atoms with van der Waals surface area (Å²) in [5.74, 6) is 1.75. The average Bonchev–Trinajstić information content (AvgIpc) is 2.48. The van der Waals surface area contributed by atoms with Crippen molar-refractivity contribution >= 4 is 20.8 Å². The second kappa shape index (κ2) is 7.70. The summed E-state index contributed by atoms with van der Waals surface area (Å²) in [6.45, 7) is 0. The van der Waals surface area contributed by atoms with Crippen molar-refractivity contribution in [3.8, 4) is 0 Å². The van der Waals surface area contributed by atoms with Gasteiger partial charge >= 0.3 is 0 Å². The summed E-state index contributed by atoms with van der Waals surface area (Å²) < 4.78 is 37.8. The van der Waals surface area contributed by atoms with Crippen LogP contribution in [0.5, 0.6) is 0 Å². The van der Waals surface area contributed by atoms with Crippen molar-refractivity contribution in [3.05, 3.63) is 29.8 Å². The first-order chi connectivity index (χ1) is 10.4. The monoisotopic (exact) mass is 343 g/mol. The van der Waals surface area contributed by atoms with Crippen LogP contribution in [0.1, 0.15) is 37.7 Å². The molecule has 0 aromatic heterocycles. The number of benzene rings is 1. The van der Waals surface area contributed by atoms with Crippen molar-refractivity contribution in [1.29, 1.82) is 0 Å². The Morgan fingerprint density at radius 3 is 2.50 bits per heavy atom. The van der Waals surface area contributed by atoms with Crippen LogP contribution in [0.3, 0.4) is 0 Å². The summed E-state index contributed by atoms with van der Waals surface area (Å²) in [6, 6.07) is 6.81. The Kier molecular flexibility index (Phi) is 6.17. The van der Waals surface area contributed by atoms with Gasteiger partial charge in [-0.1, -0.05) is 31.4 Å². The van der Waals surface area contributed by atoms with Gasteiger partial charge in [0.2, 0.25) is 10.0 Å². The number of rotatable bonds is 6. The normalized spacial score (nSPS) is 18.5. The predicted molar refractivity (Wildman–Crippen MR) is 90.6 cm³/mol. The Bertz CT molecular complexity index is 620. The molecule has 1 aliphatic rings. The highest BCUT2D eigenvalue weighted by Gasteiger charge is 2.19. The van der Waals surface area contributed by atoms with Crippen molar-refractivity contribution in [3.63, 3.8) is 0 Å². The molecule has 1 fully saturated rings. The van der Waals surface area contributed by atoms with Gasteiger partial charge in [0.25, 0.3) is 0 Å². The van der Waals surface area contributed by atoms with Gasteiger partial charge in [0, 0.05) is 36.4 Å². The topological polar surface area (TPSA) is 54.5 Å². The zero-order valence-corrected chi connectivity index (χ0v) is 15.0. The lowest BCUT2D eigenvalue weighted by Gasteiger charge is -2.21. The summed E-state index contributed by atoms with van der Waals surface area (Å²) in [7, 11) is -1.32. The second-order valence-electron chi connectivity index (χ2n) is 6.19. The highest BCUT2D eigenvalue weighted by Crippen LogP contribution is 2.25. The minimum Gasteiger partial charge on any atom is -0.259 e. The first-order valence-corrected chi connectivity index (χ1v) is 10.7. The lowest BCUT2D eigenvalue weighted by molar-refractivity contribution is 0.388. The summed E-state index contributed by atoms with van der Waals surface area (Å²) in [6.07, 6.45) is 6.16. The molecule has 22 heavy (non-hydrogen) atoms. The van der Waals surface area contributed by atoms with Crippen molar-refractivity contribution in [2.24, 2.45) is 5.92 Å². The van der Waals surface area contributed by atoms with Crippen LogP contribution in [-0.2, 0) is 26.6 Å². The smallest absolute Gasteiger partial charge is 0.242 e. The molecule has 0 amide bonds. The maximum absolute atomic E-state index is 12.3. The number of nitrogens with zero attached hydrogens (tertiary/aromatic N) is 1. The highest BCUT2D eigenvalue weighted by atomic mass is 32.2. The first kappa shape index (κ1) is 17.6. The van der Waals surface area contributed by atoms with Crippen LogP contribution in [0, 0.1) is 5.92 Å². The molecule has 1 aromatic carbocycles. The summed E-state index contributed by atoms with van der Waals surface area (Å²) >= 11 is 0. The predicted octanol–water partition coefficient (Wildman–Crippen LogP) is 2.77. The Hall–Kier alpha value is -0.720. The van der Waals surface area contributed by atoms with Crippen molar-refractivity contribution < 1.29 is 12.6 Å². The van der Waals surface area contributed by atoms with Gasteiger partial charge in [-0.2, -0.15) is 0 Å². The molecule has 124 valence electrons. The SMILES string of the molecule is CN(C)S(=O)(=O)c1cccc(C[S@@](=O)CC2CCCCC2)c1. The van der Waals surface area contributed by atoms with E-state index in [-0.39, 0.29) is 4.90 Å². The number of hydrogen-bond donors (Lipinski definition) is 0. The van der Waals surface area contributed by atoms with E-state index in [9.17, 15) is 12.6 Å². The third kappa shape index (κ3) is 4.64. The molecule has 0 bridgehead atoms. The molecular formula is C16H25NO3S2. The largest absolute Gasteiger partial charge is 0.259 e. The lowest BCUT2D eigenvalue weighted by atomic mass is 9.91. The van der Waals surface area contributed by atoms with Gasteiger partial charge in [0.1, 0.15) is 0 Å². The number of hydrogen-bond acceptors (Lipinski definition) is 3. The van der Waals surface area contributed by atoms with Crippen molar-refractivity contribution in [1.82, 2.24) is 4.31 Å². The lowest BCUT2D eigenvalue weighted by Crippen LogP contribution is -2.22. The van der Waals surface area contributed by atoms with Crippen LogP contribution in [0.25, 0.3) is 0 Å². The van der Waals surface area contributed by atoms with E-state index in [1.807, 2.05) is 6.07 Å². The fourth-order valence-electron chi connectivity index (χ4n) is 2.87. The minimum atomic E-state index is -3.43. The molecule has 0 saturated heterocycles. The molecule has 0 aliphatic heterocycles. The maximum atomic E-state index is 12.3. The minimum absolute atomic E-state index is 0.268. The molecule has 0 N–H and O–H groups in total. The quantitative estimate of drug-likeness (QED) is 0.798. The Morgan fingerprint density at radius 1 is 1.18 bits per heavy atom. The molecule has 0 unspecified atom stereocenters. The molecule has 1 aliphatic carbocycles. The van der Waals surface area contributed by atoms with Gasteiger partial charge in [0.15, 0.2) is 0 Å². The zero-order chi connectivity index (χ0) is 16.2. The molecule has 2 rings (SSSR count). The molecule has 1 atom stereocenters. The van der Waals surface area contributed by atoms with Gasteiger partial charge in [-0.15, -0.1) is 0 Å². The Labute approximate surface area is 136 Å². The fraction of sp³-hybridized carbons (Fsp3) is 0.625. The van der Waals surface area contributed by atoms with Crippen LogP contribution in [0.4, 0.5) is 0 Å². The van der Waals surface area contributed by atoms with Gasteiger partial charge < -0.3 is 0 Å². The van der Waals surface area contributed by atoms with E-state index >= 15 is 0 Å². The van der Waals surface area contributed by atoms with Gasteiger partial charge in [-0.3, -0.25) is 4.21 Å². The van der Waals surface area contributed by atoms with E-state index in [2.05, 4.69) is 0 Å². The van der Waals surface area contributed by atoms with Crippen molar-refractivity contribution in [2.75, 3.05) is 19.8 Å². The van der Waals surface area contributed by atoms with Crippen LogP contribution < -0.4 is 0 Å². The molecule has 1 aromatic rings. The standard InChI is InChI=1S/C16H25NO3S2/c1-17(2)22(19,20)16-10-6-9-15(11-16)13-21(18)12-14-7-4-3-5-8-14/h6,9-11,14H,3-5,7-8,12-13H2,1-2H3/t21-/m0/s1. The third-order valence-electron chi connectivity index (χ3n) is 4.15. The summed E-state index contributed by atoms with van der Waals surface area (Å²) in [4.78, 5) is 0.268. The molecule has 4 nitrogen and oxygen atoms in total. The molecule has 6 heteroatoms. The Balaban J connectivity index is 2.02. The Morgan fingerprint density at radius 2 is 1.86 bits per heavy atom. The van der Waals surface area contributed by atoms with Gasteiger partial charge in [-0.05, 0) is 36.5 Å². The summed E-state index contributed by atoms with van der Waals surface area (Å²) in [5.41, 5.74) is 0.831. The zero-order valence-electron chi connectivity index (χ0n) is 13.3. The van der Waals surface area contributed by atoms with Gasteiger partial charge in [-0.25, -0.2) is 12.7 Å².